The molecule has 0 aromatic rings. The number of carbonyl (C=O) groups is 2. The van der Waals surface area contributed by atoms with Gasteiger partial charge in [-0.3, -0.25) is 9.59 Å². The third-order valence-electron chi connectivity index (χ3n) is 4.77. The van der Waals surface area contributed by atoms with Crippen LogP contribution in [0.2, 0.25) is 0 Å². The van der Waals surface area contributed by atoms with Gasteiger partial charge in [-0.15, -0.1) is 4.33 Å². The lowest BCUT2D eigenvalue weighted by Crippen LogP contribution is -2.38. The topological polar surface area (TPSA) is 72.8 Å². The van der Waals surface area contributed by atoms with Gasteiger partial charge in [0.1, 0.15) is 0 Å². The quantitative estimate of drug-likeness (QED) is 0.367. The number of ketones is 2. The minimum atomic E-state index is -0.174. The number of hydrogen-bond acceptors (Lipinski definition) is 6. The van der Waals surface area contributed by atoms with Crippen molar-refractivity contribution in [1.29, 1.82) is 0 Å². The molecule has 18 heavy (non-hydrogen) atoms. The van der Waals surface area contributed by atoms with Crippen molar-refractivity contribution < 1.29 is 24.2 Å². The molecule has 0 heterocycles. The van der Waals surface area contributed by atoms with Crippen LogP contribution in [0, 0.1) is 23.7 Å². The number of carbonyl (C=O) groups excluding carboxylic acids is 2. The highest BCUT2D eigenvalue weighted by molar-refractivity contribution is 7.95. The summed E-state index contributed by atoms with van der Waals surface area (Å²) in [4.78, 5) is 24.0. The molecule has 100 valence electrons. The first-order valence-corrected chi connectivity index (χ1v) is 7.24. The SMILES string of the molecule is O=C1C(=O)C2CC(SOOO)CC3CCCC1C32. The molecule has 6 heteroatoms. The number of rotatable bonds is 3. The van der Waals surface area contributed by atoms with Crippen LogP contribution in [0.15, 0.2) is 0 Å². The van der Waals surface area contributed by atoms with Crippen LogP contribution in [0.1, 0.15) is 32.1 Å². The van der Waals surface area contributed by atoms with Gasteiger partial charge < -0.3 is 0 Å². The summed E-state index contributed by atoms with van der Waals surface area (Å²) < 4.78 is 4.50. The molecule has 5 atom stereocenters. The fraction of sp³-hybridized carbons (Fsp3) is 0.833. The molecule has 0 amide bonds. The van der Waals surface area contributed by atoms with Gasteiger partial charge in [-0.05, 0) is 31.1 Å². The van der Waals surface area contributed by atoms with Crippen molar-refractivity contribution in [2.75, 3.05) is 0 Å². The Bertz CT molecular complexity index is 371. The lowest BCUT2D eigenvalue weighted by molar-refractivity contribution is -0.432. The second-order valence-corrected chi connectivity index (χ2v) is 6.54. The Labute approximate surface area is 109 Å². The fourth-order valence-corrected chi connectivity index (χ4v) is 4.93. The van der Waals surface area contributed by atoms with Crippen LogP contribution in [-0.2, 0) is 19.0 Å². The molecule has 0 saturated heterocycles. The second kappa shape index (κ2) is 4.92. The van der Waals surface area contributed by atoms with E-state index < -0.39 is 0 Å². The summed E-state index contributed by atoms with van der Waals surface area (Å²) in [6, 6.07) is 0. The molecule has 0 aliphatic heterocycles. The molecule has 5 unspecified atom stereocenters. The molecule has 0 bridgehead atoms. The molecule has 0 spiro atoms. The molecule has 3 saturated carbocycles. The van der Waals surface area contributed by atoms with Crippen LogP contribution in [0.4, 0.5) is 0 Å². The Balaban J connectivity index is 1.78. The third kappa shape index (κ3) is 1.91. The minimum absolute atomic E-state index is 0.0118. The third-order valence-corrected chi connectivity index (χ3v) is 5.56. The highest BCUT2D eigenvalue weighted by Crippen LogP contribution is 2.53. The summed E-state index contributed by atoms with van der Waals surface area (Å²) in [5.41, 5.74) is 0. The lowest BCUT2D eigenvalue weighted by Gasteiger charge is -2.41. The maximum Gasteiger partial charge on any atom is 0.202 e. The minimum Gasteiger partial charge on any atom is -0.291 e. The van der Waals surface area contributed by atoms with Gasteiger partial charge in [-0.1, -0.05) is 17.9 Å². The van der Waals surface area contributed by atoms with Gasteiger partial charge in [0.05, 0.1) is 0 Å². The van der Waals surface area contributed by atoms with E-state index in [4.69, 9.17) is 5.26 Å². The average molecular weight is 272 g/mol. The molecule has 0 aromatic heterocycles. The first-order chi connectivity index (χ1) is 8.72. The second-order valence-electron chi connectivity index (χ2n) is 5.54. The summed E-state index contributed by atoms with van der Waals surface area (Å²) in [5.74, 6) is 0.263. The molecule has 3 aliphatic carbocycles. The van der Waals surface area contributed by atoms with Gasteiger partial charge in [0.15, 0.2) is 0 Å². The van der Waals surface area contributed by atoms with Crippen molar-refractivity contribution in [2.24, 2.45) is 23.7 Å². The summed E-state index contributed by atoms with van der Waals surface area (Å²) in [5, 5.41) is 11.9. The van der Waals surface area contributed by atoms with E-state index in [0.29, 0.717) is 12.3 Å². The van der Waals surface area contributed by atoms with E-state index in [2.05, 4.69) is 9.37 Å². The van der Waals surface area contributed by atoms with Crippen molar-refractivity contribution in [3.8, 4) is 0 Å². The molecule has 1 N–H and O–H groups in total. The maximum atomic E-state index is 12.0. The van der Waals surface area contributed by atoms with Crippen LogP contribution < -0.4 is 0 Å². The summed E-state index contributed by atoms with van der Waals surface area (Å²) >= 11 is 1.06. The molecular weight excluding hydrogens is 256 g/mol. The predicted octanol–water partition coefficient (Wildman–Crippen LogP) is 2.02. The molecule has 3 fully saturated rings. The van der Waals surface area contributed by atoms with Gasteiger partial charge in [0.2, 0.25) is 11.6 Å². The number of hydrogen-bond donors (Lipinski definition) is 1. The van der Waals surface area contributed by atoms with Crippen molar-refractivity contribution in [3.63, 3.8) is 0 Å². The Morgan fingerprint density at radius 1 is 1.11 bits per heavy atom. The van der Waals surface area contributed by atoms with Crippen LogP contribution >= 0.6 is 12.0 Å². The van der Waals surface area contributed by atoms with E-state index in [1.165, 1.54) is 0 Å². The molecule has 5 nitrogen and oxygen atoms in total. The van der Waals surface area contributed by atoms with E-state index in [-0.39, 0.29) is 34.6 Å². The highest BCUT2D eigenvalue weighted by Gasteiger charge is 2.56. The van der Waals surface area contributed by atoms with E-state index in [9.17, 15) is 9.59 Å². The normalized spacial score (nSPS) is 43.1. The fourth-order valence-electron chi connectivity index (χ4n) is 4.18. The summed E-state index contributed by atoms with van der Waals surface area (Å²) in [6.45, 7) is 0. The summed E-state index contributed by atoms with van der Waals surface area (Å²) in [6.07, 6.45) is 4.61. The number of Topliss-reactive ketones (excluding diaryl/α,β-unsaturated/α-hetero) is 2. The monoisotopic (exact) mass is 272 g/mol. The summed E-state index contributed by atoms with van der Waals surface area (Å²) in [7, 11) is 0. The predicted molar refractivity (Wildman–Crippen MR) is 63.2 cm³/mol. The molecule has 3 aliphatic rings. The highest BCUT2D eigenvalue weighted by atomic mass is 32.2. The smallest absolute Gasteiger partial charge is 0.202 e. The van der Waals surface area contributed by atoms with Crippen molar-refractivity contribution in [3.05, 3.63) is 0 Å². The van der Waals surface area contributed by atoms with Gasteiger partial charge in [0.25, 0.3) is 0 Å². The Morgan fingerprint density at radius 2 is 1.89 bits per heavy atom. The Hall–Kier alpha value is -0.430. The standard InChI is InChI=1S/C12H16O5S/c13-11-8-3-1-2-6-4-7(18-17-16-15)5-9(10(6)8)12(11)14/h6-10,15H,1-5H2. The van der Waals surface area contributed by atoms with Gasteiger partial charge in [0, 0.05) is 29.1 Å². The van der Waals surface area contributed by atoms with Gasteiger partial charge >= 0.3 is 0 Å². The first-order valence-electron chi connectivity index (χ1n) is 6.44. The van der Waals surface area contributed by atoms with E-state index in [0.717, 1.165) is 37.7 Å². The van der Waals surface area contributed by atoms with Crippen LogP contribution in [0.25, 0.3) is 0 Å². The molecular formula is C12H16O5S. The van der Waals surface area contributed by atoms with Gasteiger partial charge in [-0.25, -0.2) is 5.26 Å². The Kier molecular flexibility index (Phi) is 3.44. The molecule has 3 rings (SSSR count). The zero-order chi connectivity index (χ0) is 12.7. The maximum absolute atomic E-state index is 12.0. The lowest BCUT2D eigenvalue weighted by atomic mass is 9.64. The first kappa shape index (κ1) is 12.6. The molecule has 0 aromatic carbocycles. The zero-order valence-corrected chi connectivity index (χ0v) is 10.7. The largest absolute Gasteiger partial charge is 0.291 e. The average Bonchev–Trinajstić information content (AvgIpc) is 2.64. The Morgan fingerprint density at radius 3 is 2.67 bits per heavy atom. The van der Waals surface area contributed by atoms with Crippen molar-refractivity contribution >= 4 is 23.6 Å². The van der Waals surface area contributed by atoms with E-state index in [1.54, 1.807) is 0 Å². The van der Waals surface area contributed by atoms with Crippen LogP contribution in [-0.4, -0.2) is 22.1 Å². The zero-order valence-electron chi connectivity index (χ0n) is 9.91. The van der Waals surface area contributed by atoms with Crippen molar-refractivity contribution in [2.45, 2.75) is 37.4 Å². The van der Waals surface area contributed by atoms with E-state index in [1.807, 2.05) is 0 Å². The van der Waals surface area contributed by atoms with E-state index >= 15 is 0 Å². The van der Waals surface area contributed by atoms with Crippen molar-refractivity contribution in [1.82, 2.24) is 0 Å². The molecule has 0 radical (unpaired) electrons. The van der Waals surface area contributed by atoms with Crippen LogP contribution in [0.3, 0.4) is 0 Å². The van der Waals surface area contributed by atoms with Crippen LogP contribution in [0.5, 0.6) is 0 Å². The van der Waals surface area contributed by atoms with Gasteiger partial charge in [-0.2, -0.15) is 0 Å².